The molecule has 7 nitrogen and oxygen atoms in total. The summed E-state index contributed by atoms with van der Waals surface area (Å²) in [5.74, 6) is 0.979. The van der Waals surface area contributed by atoms with Crippen LogP contribution in [-0.2, 0) is 19.1 Å². The summed E-state index contributed by atoms with van der Waals surface area (Å²) < 4.78 is 12.5. The lowest BCUT2D eigenvalue weighted by atomic mass is 9.43. The molecular weight excluding hydrogens is 480 g/mol. The van der Waals surface area contributed by atoms with Crippen molar-refractivity contribution in [3.05, 3.63) is 0 Å². The van der Waals surface area contributed by atoms with Gasteiger partial charge in [-0.25, -0.2) is 4.79 Å². The molecule has 0 spiro atoms. The quantitative estimate of drug-likeness (QED) is 0.534. The molecule has 5 rings (SSSR count). The lowest BCUT2D eigenvalue weighted by Crippen LogP contribution is -2.63. The second-order valence-corrected chi connectivity index (χ2v) is 14.6. The van der Waals surface area contributed by atoms with Crippen LogP contribution in [0.15, 0.2) is 0 Å². The number of Topliss-reactive ketones (excluding diaryl/α,β-unsaturated/α-hetero) is 1. The number of hydrogen-bond acceptors (Lipinski definition) is 6. The van der Waals surface area contributed by atoms with Gasteiger partial charge in [-0.15, -0.1) is 0 Å². The van der Waals surface area contributed by atoms with Crippen LogP contribution in [0.25, 0.3) is 0 Å². The Morgan fingerprint density at radius 3 is 2.42 bits per heavy atom. The van der Waals surface area contributed by atoms with E-state index in [1.807, 2.05) is 0 Å². The fraction of sp³-hybridized carbons (Fsp3) is 0.903. The minimum absolute atomic E-state index is 0.0336. The summed E-state index contributed by atoms with van der Waals surface area (Å²) in [6, 6.07) is 0. The maximum Gasteiger partial charge on any atom is 0.414 e. The highest BCUT2D eigenvalue weighted by molar-refractivity contribution is 5.93. The van der Waals surface area contributed by atoms with Gasteiger partial charge in [-0.05, 0) is 74.7 Å². The number of rotatable bonds is 5. The number of ether oxygens (including phenoxy) is 2. The van der Waals surface area contributed by atoms with Gasteiger partial charge in [0.2, 0.25) is 5.91 Å². The zero-order valence-corrected chi connectivity index (χ0v) is 24.7. The molecule has 0 aromatic rings. The molecule has 214 valence electrons. The number of carbonyl (C=O) groups excluding carboxylic acids is 3. The van der Waals surface area contributed by atoms with E-state index >= 15 is 0 Å². The predicted octanol–water partition coefficient (Wildman–Crippen LogP) is 5.07. The first-order chi connectivity index (χ1) is 17.9. The average molecular weight is 531 g/mol. The van der Waals surface area contributed by atoms with Crippen molar-refractivity contribution in [2.45, 2.75) is 98.7 Å². The molecule has 0 radical (unpaired) electrons. The van der Waals surface area contributed by atoms with E-state index in [0.29, 0.717) is 30.0 Å². The molecule has 3 aliphatic carbocycles. The van der Waals surface area contributed by atoms with E-state index in [4.69, 9.17) is 9.47 Å². The number of ketones is 1. The van der Waals surface area contributed by atoms with Crippen LogP contribution in [0.5, 0.6) is 0 Å². The van der Waals surface area contributed by atoms with Crippen molar-refractivity contribution in [3.63, 3.8) is 0 Å². The molecule has 5 aliphatic rings. The van der Waals surface area contributed by atoms with Crippen LogP contribution in [0.1, 0.15) is 86.5 Å². The van der Waals surface area contributed by atoms with Gasteiger partial charge in [-0.2, -0.15) is 0 Å². The smallest absolute Gasteiger partial charge is 0.414 e. The van der Waals surface area contributed by atoms with Crippen LogP contribution < -0.4 is 5.32 Å². The molecule has 5 fully saturated rings. The Bertz CT molecular complexity index is 968. The molecule has 2 amide bonds. The minimum atomic E-state index is -0.651. The van der Waals surface area contributed by atoms with Crippen molar-refractivity contribution in [1.29, 1.82) is 0 Å². The number of hydrogen-bond donors (Lipinski definition) is 1. The third kappa shape index (κ3) is 4.25. The van der Waals surface area contributed by atoms with E-state index in [2.05, 4.69) is 51.8 Å². The lowest BCUT2D eigenvalue weighted by Gasteiger charge is -2.62. The zero-order chi connectivity index (χ0) is 27.6. The Labute approximate surface area is 229 Å². The van der Waals surface area contributed by atoms with Gasteiger partial charge in [-0.3, -0.25) is 14.9 Å². The topological polar surface area (TPSA) is 84.9 Å². The summed E-state index contributed by atoms with van der Waals surface area (Å²) in [5.41, 5.74) is -1.11. The summed E-state index contributed by atoms with van der Waals surface area (Å²) in [4.78, 5) is 43.2. The first kappa shape index (κ1) is 28.1. The average Bonchev–Trinajstić information content (AvgIpc) is 3.59. The van der Waals surface area contributed by atoms with Crippen LogP contribution in [0.4, 0.5) is 4.79 Å². The molecule has 2 saturated heterocycles. The number of carbonyl (C=O) groups is 3. The van der Waals surface area contributed by atoms with Gasteiger partial charge in [0.1, 0.15) is 11.9 Å². The SMILES string of the molecule is CO[C@@H]1CCC23CC[C@@H](C)[C@](C)(C12)[C@H](OC(=O)NC(=O)[C@H]1CN2CC[C@H]1C2)C[C@@](C)(CC(C)C)C(=O)[C@@H]3C. The van der Waals surface area contributed by atoms with E-state index in [-0.39, 0.29) is 40.6 Å². The van der Waals surface area contributed by atoms with Gasteiger partial charge in [0.15, 0.2) is 0 Å². The molecule has 3 unspecified atom stereocenters. The van der Waals surface area contributed by atoms with Crippen LogP contribution in [-0.4, -0.2) is 61.6 Å². The molecule has 11 atom stereocenters. The van der Waals surface area contributed by atoms with E-state index in [1.165, 1.54) is 0 Å². The maximum atomic E-state index is 14.4. The molecule has 0 aromatic heterocycles. The Morgan fingerprint density at radius 1 is 1.11 bits per heavy atom. The van der Waals surface area contributed by atoms with E-state index in [1.54, 1.807) is 7.11 Å². The van der Waals surface area contributed by atoms with E-state index in [0.717, 1.165) is 58.2 Å². The molecule has 38 heavy (non-hydrogen) atoms. The number of alkyl carbamates (subject to hydrolysis) is 1. The van der Waals surface area contributed by atoms with Gasteiger partial charge < -0.3 is 14.4 Å². The Kier molecular flexibility index (Phi) is 7.29. The van der Waals surface area contributed by atoms with E-state index < -0.39 is 17.6 Å². The number of fused-ring (bicyclic) bond motifs is 2. The van der Waals surface area contributed by atoms with Gasteiger partial charge >= 0.3 is 6.09 Å². The monoisotopic (exact) mass is 530 g/mol. The van der Waals surface area contributed by atoms with Gasteiger partial charge in [-0.1, -0.05) is 41.5 Å². The summed E-state index contributed by atoms with van der Waals surface area (Å²) in [6.45, 7) is 15.9. The van der Waals surface area contributed by atoms with Gasteiger partial charge in [0, 0.05) is 42.9 Å². The molecule has 2 aliphatic heterocycles. The van der Waals surface area contributed by atoms with Crippen LogP contribution in [0.3, 0.4) is 0 Å². The second kappa shape index (κ2) is 9.87. The van der Waals surface area contributed by atoms with Crippen molar-refractivity contribution in [2.75, 3.05) is 26.7 Å². The standard InChI is InChI=1S/C31H50N2O5/c1-18(2)14-29(5)15-24(38-28(36)32-27(35)22-17-33-13-10-21(22)16-33)30(6)19(3)8-11-31(20(4)26(29)34)12-9-23(37-7)25(30)31/h18-25H,8-17H2,1-7H3,(H,32,35,36)/t19-,20+,21+,22+,23-,24-,25?,29-,30+,31?/m1/s1. The minimum Gasteiger partial charge on any atom is -0.445 e. The largest absolute Gasteiger partial charge is 0.445 e. The third-order valence-corrected chi connectivity index (χ3v) is 12.1. The second-order valence-electron chi connectivity index (χ2n) is 14.6. The summed E-state index contributed by atoms with van der Waals surface area (Å²) >= 11 is 0. The molecule has 7 heteroatoms. The molecule has 1 N–H and O–H groups in total. The third-order valence-electron chi connectivity index (χ3n) is 12.1. The molecular formula is C31H50N2O5. The fourth-order valence-electron chi connectivity index (χ4n) is 10.2. The van der Waals surface area contributed by atoms with Gasteiger partial charge in [0.05, 0.1) is 12.0 Å². The Hall–Kier alpha value is -1.47. The lowest BCUT2D eigenvalue weighted by molar-refractivity contribution is -0.193. The number of nitrogens with zero attached hydrogens (tertiary/aromatic N) is 1. The van der Waals surface area contributed by atoms with Crippen molar-refractivity contribution >= 4 is 17.8 Å². The highest BCUT2D eigenvalue weighted by atomic mass is 16.6. The first-order valence-corrected chi connectivity index (χ1v) is 15.2. The first-order valence-electron chi connectivity index (χ1n) is 15.2. The number of methoxy groups -OCH3 is 1. The van der Waals surface area contributed by atoms with E-state index in [9.17, 15) is 14.4 Å². The highest BCUT2D eigenvalue weighted by Gasteiger charge is 2.68. The normalized spacial score (nSPS) is 47.9. The Morgan fingerprint density at radius 2 is 1.82 bits per heavy atom. The Balaban J connectivity index is 1.49. The number of amides is 2. The van der Waals surface area contributed by atoms with Gasteiger partial charge in [0.25, 0.3) is 0 Å². The highest BCUT2D eigenvalue weighted by Crippen LogP contribution is 2.69. The predicted molar refractivity (Wildman–Crippen MR) is 145 cm³/mol. The molecule has 3 saturated carbocycles. The maximum absolute atomic E-state index is 14.4. The van der Waals surface area contributed by atoms with Crippen molar-refractivity contribution in [3.8, 4) is 0 Å². The van der Waals surface area contributed by atoms with Crippen molar-refractivity contribution in [2.24, 2.45) is 51.8 Å². The van der Waals surface area contributed by atoms with Crippen LogP contribution >= 0.6 is 0 Å². The van der Waals surface area contributed by atoms with Crippen LogP contribution in [0.2, 0.25) is 0 Å². The molecule has 2 heterocycles. The van der Waals surface area contributed by atoms with Crippen molar-refractivity contribution in [1.82, 2.24) is 10.2 Å². The number of imide groups is 1. The number of piperidine rings is 1. The molecule has 4 bridgehead atoms. The summed E-state index contributed by atoms with van der Waals surface area (Å²) in [7, 11) is 1.79. The van der Waals surface area contributed by atoms with Crippen molar-refractivity contribution < 1.29 is 23.9 Å². The fourth-order valence-corrected chi connectivity index (χ4v) is 10.2. The zero-order valence-electron chi connectivity index (χ0n) is 24.7. The number of nitrogens with one attached hydrogen (secondary N) is 1. The summed E-state index contributed by atoms with van der Waals surface area (Å²) in [6.07, 6.45) is 5.08. The van der Waals surface area contributed by atoms with Crippen LogP contribution in [0, 0.1) is 51.8 Å². The summed E-state index contributed by atoms with van der Waals surface area (Å²) in [5, 5.41) is 2.62. The molecule has 0 aromatic carbocycles.